The minimum Gasteiger partial charge on any atom is -0.345 e. The first-order valence-corrected chi connectivity index (χ1v) is 8.07. The molecule has 7 heteroatoms. The predicted molar refractivity (Wildman–Crippen MR) is 78.2 cm³/mol. The fraction of sp³-hybridized carbons (Fsp3) is 0.143. The molecule has 1 aromatic carbocycles. The first kappa shape index (κ1) is 13.6. The maximum atomic E-state index is 12.3. The molecule has 1 aliphatic heterocycles. The van der Waals surface area contributed by atoms with E-state index in [1.165, 1.54) is 6.08 Å². The second-order valence-electron chi connectivity index (χ2n) is 4.72. The number of carbonyl (C=O) groups excluding carboxylic acids is 1. The van der Waals surface area contributed by atoms with Gasteiger partial charge in [-0.25, -0.2) is 13.4 Å². The van der Waals surface area contributed by atoms with E-state index in [2.05, 4.69) is 15.3 Å². The van der Waals surface area contributed by atoms with Crippen LogP contribution in [-0.2, 0) is 9.84 Å². The van der Waals surface area contributed by atoms with E-state index in [1.54, 1.807) is 30.6 Å². The molecule has 2 N–H and O–H groups in total. The average molecular weight is 303 g/mol. The average Bonchev–Trinajstić information content (AvgIpc) is 3.08. The van der Waals surface area contributed by atoms with E-state index in [9.17, 15) is 13.2 Å². The van der Waals surface area contributed by atoms with Crippen LogP contribution >= 0.6 is 0 Å². The Bertz CT molecular complexity index is 795. The monoisotopic (exact) mass is 303 g/mol. The molecule has 0 unspecified atom stereocenters. The highest BCUT2D eigenvalue weighted by molar-refractivity contribution is 7.94. The number of hydrogen-bond donors (Lipinski definition) is 2. The van der Waals surface area contributed by atoms with Crippen LogP contribution in [0.25, 0.3) is 11.4 Å². The van der Waals surface area contributed by atoms with Crippen LogP contribution in [0.4, 0.5) is 0 Å². The van der Waals surface area contributed by atoms with Crippen molar-refractivity contribution in [2.24, 2.45) is 0 Å². The van der Waals surface area contributed by atoms with Crippen LogP contribution in [0, 0.1) is 0 Å². The molecule has 2 heterocycles. The van der Waals surface area contributed by atoms with Gasteiger partial charge in [0.2, 0.25) is 0 Å². The normalized spacial score (nSPS) is 19.5. The topological polar surface area (TPSA) is 91.9 Å². The predicted octanol–water partition coefficient (Wildman–Crippen LogP) is 1.12. The molecule has 0 saturated carbocycles. The zero-order valence-electron chi connectivity index (χ0n) is 11.0. The maximum Gasteiger partial charge on any atom is 0.252 e. The summed E-state index contributed by atoms with van der Waals surface area (Å²) < 4.78 is 22.7. The number of aromatic amines is 1. The summed E-state index contributed by atoms with van der Waals surface area (Å²) in [5.41, 5.74) is 1.12. The molecular formula is C14H13N3O3S. The molecule has 0 saturated heterocycles. The van der Waals surface area contributed by atoms with Crippen molar-refractivity contribution in [3.63, 3.8) is 0 Å². The highest BCUT2D eigenvalue weighted by Crippen LogP contribution is 2.20. The number of carbonyl (C=O) groups is 1. The highest BCUT2D eigenvalue weighted by atomic mass is 32.2. The van der Waals surface area contributed by atoms with Gasteiger partial charge in [0.1, 0.15) is 5.82 Å². The number of amides is 1. The quantitative estimate of drug-likeness (QED) is 0.888. The SMILES string of the molecule is O=C(N[C@@H]1C=CS(=O)(=O)C1)c1ccccc1-c1ncc[nH]1. The molecule has 1 aromatic heterocycles. The molecular weight excluding hydrogens is 290 g/mol. The largest absolute Gasteiger partial charge is 0.345 e. The molecule has 108 valence electrons. The van der Waals surface area contributed by atoms with Gasteiger partial charge >= 0.3 is 0 Å². The Hall–Kier alpha value is -2.41. The van der Waals surface area contributed by atoms with Crippen LogP contribution in [-0.4, -0.2) is 36.1 Å². The fourth-order valence-electron chi connectivity index (χ4n) is 2.21. The van der Waals surface area contributed by atoms with Crippen molar-refractivity contribution >= 4 is 15.7 Å². The minimum absolute atomic E-state index is 0.0956. The van der Waals surface area contributed by atoms with Crippen molar-refractivity contribution in [2.75, 3.05) is 5.75 Å². The molecule has 0 fully saturated rings. The summed E-state index contributed by atoms with van der Waals surface area (Å²) in [6.45, 7) is 0. The van der Waals surface area contributed by atoms with Crippen molar-refractivity contribution in [3.05, 3.63) is 53.7 Å². The maximum absolute atomic E-state index is 12.3. The summed E-state index contributed by atoms with van der Waals surface area (Å²) in [5.74, 6) is 0.172. The number of aromatic nitrogens is 2. The molecule has 1 atom stereocenters. The summed E-state index contributed by atoms with van der Waals surface area (Å²) in [6, 6.07) is 6.54. The molecule has 1 aliphatic rings. The van der Waals surface area contributed by atoms with Crippen LogP contribution in [0.3, 0.4) is 0 Å². The molecule has 0 radical (unpaired) electrons. The van der Waals surface area contributed by atoms with E-state index in [0.29, 0.717) is 17.0 Å². The molecule has 0 bridgehead atoms. The lowest BCUT2D eigenvalue weighted by Gasteiger charge is -2.12. The van der Waals surface area contributed by atoms with Gasteiger partial charge in [0.25, 0.3) is 5.91 Å². The van der Waals surface area contributed by atoms with Gasteiger partial charge in [-0.05, 0) is 12.1 Å². The summed E-state index contributed by atoms with van der Waals surface area (Å²) in [7, 11) is -3.19. The second kappa shape index (κ2) is 5.17. The second-order valence-corrected chi connectivity index (χ2v) is 6.65. The minimum atomic E-state index is -3.19. The number of hydrogen-bond acceptors (Lipinski definition) is 4. The van der Waals surface area contributed by atoms with Gasteiger partial charge in [0.15, 0.2) is 9.84 Å². The number of imidazole rings is 1. The molecule has 3 rings (SSSR count). The zero-order valence-corrected chi connectivity index (χ0v) is 11.8. The van der Waals surface area contributed by atoms with E-state index in [-0.39, 0.29) is 11.7 Å². The van der Waals surface area contributed by atoms with Gasteiger partial charge < -0.3 is 10.3 Å². The van der Waals surface area contributed by atoms with E-state index < -0.39 is 15.9 Å². The summed E-state index contributed by atoms with van der Waals surface area (Å²) in [4.78, 5) is 19.4. The Morgan fingerprint density at radius 3 is 2.81 bits per heavy atom. The van der Waals surface area contributed by atoms with E-state index in [0.717, 1.165) is 5.41 Å². The third-order valence-corrected chi connectivity index (χ3v) is 4.57. The third-order valence-electron chi connectivity index (χ3n) is 3.17. The lowest BCUT2D eigenvalue weighted by atomic mass is 10.1. The van der Waals surface area contributed by atoms with Crippen LogP contribution < -0.4 is 5.32 Å². The third kappa shape index (κ3) is 2.87. The number of rotatable bonds is 3. The summed E-state index contributed by atoms with van der Waals surface area (Å²) in [5, 5.41) is 3.84. The van der Waals surface area contributed by atoms with E-state index in [4.69, 9.17) is 0 Å². The van der Waals surface area contributed by atoms with Crippen molar-refractivity contribution < 1.29 is 13.2 Å². The number of benzene rings is 1. The van der Waals surface area contributed by atoms with Crippen molar-refractivity contribution in [1.82, 2.24) is 15.3 Å². The standard InChI is InChI=1S/C14H13N3O3S/c18-14(17-10-5-8-21(19,20)9-10)12-4-2-1-3-11(12)13-15-6-7-16-13/h1-8,10H,9H2,(H,15,16)(H,17,18)/t10-/m1/s1. The lowest BCUT2D eigenvalue weighted by molar-refractivity contribution is 0.0948. The van der Waals surface area contributed by atoms with E-state index in [1.807, 2.05) is 6.07 Å². The van der Waals surface area contributed by atoms with Crippen LogP contribution in [0.15, 0.2) is 48.1 Å². The van der Waals surface area contributed by atoms with Crippen LogP contribution in [0.1, 0.15) is 10.4 Å². The number of nitrogens with zero attached hydrogens (tertiary/aromatic N) is 1. The Kier molecular flexibility index (Phi) is 3.34. The van der Waals surface area contributed by atoms with Gasteiger partial charge in [-0.3, -0.25) is 4.79 Å². The summed E-state index contributed by atoms with van der Waals surface area (Å²) in [6.07, 6.45) is 4.77. The van der Waals surface area contributed by atoms with Gasteiger partial charge in [0, 0.05) is 23.4 Å². The molecule has 6 nitrogen and oxygen atoms in total. The van der Waals surface area contributed by atoms with Crippen molar-refractivity contribution in [1.29, 1.82) is 0 Å². The molecule has 21 heavy (non-hydrogen) atoms. The number of H-pyrrole nitrogens is 1. The number of nitrogens with one attached hydrogen (secondary N) is 2. The van der Waals surface area contributed by atoms with E-state index >= 15 is 0 Å². The molecule has 0 aliphatic carbocycles. The van der Waals surface area contributed by atoms with Crippen LogP contribution in [0.2, 0.25) is 0 Å². The number of sulfone groups is 1. The summed E-state index contributed by atoms with van der Waals surface area (Å²) >= 11 is 0. The molecule has 1 amide bonds. The van der Waals surface area contributed by atoms with Crippen LogP contribution in [0.5, 0.6) is 0 Å². The first-order valence-electron chi connectivity index (χ1n) is 6.36. The molecule has 2 aromatic rings. The van der Waals surface area contributed by atoms with Crippen molar-refractivity contribution in [2.45, 2.75) is 6.04 Å². The van der Waals surface area contributed by atoms with Gasteiger partial charge in [-0.1, -0.05) is 18.2 Å². The Balaban J connectivity index is 1.85. The fourth-order valence-corrected chi connectivity index (χ4v) is 3.45. The Morgan fingerprint density at radius 2 is 2.14 bits per heavy atom. The zero-order chi connectivity index (χ0) is 14.9. The highest BCUT2D eigenvalue weighted by Gasteiger charge is 2.24. The molecule has 0 spiro atoms. The van der Waals surface area contributed by atoms with Gasteiger partial charge in [-0.2, -0.15) is 0 Å². The smallest absolute Gasteiger partial charge is 0.252 e. The van der Waals surface area contributed by atoms with Gasteiger partial charge in [-0.15, -0.1) is 0 Å². The van der Waals surface area contributed by atoms with Crippen molar-refractivity contribution in [3.8, 4) is 11.4 Å². The lowest BCUT2D eigenvalue weighted by Crippen LogP contribution is -2.35. The Labute approximate surface area is 121 Å². The van der Waals surface area contributed by atoms with Gasteiger partial charge in [0.05, 0.1) is 17.4 Å². The Morgan fingerprint density at radius 1 is 1.33 bits per heavy atom. The first-order chi connectivity index (χ1) is 10.1.